The summed E-state index contributed by atoms with van der Waals surface area (Å²) in [5.74, 6) is 0. The van der Waals surface area contributed by atoms with Gasteiger partial charge in [-0.3, -0.25) is 4.42 Å². The highest BCUT2D eigenvalue weighted by Crippen LogP contribution is 2.17. The molecule has 0 fully saturated rings. The first kappa shape index (κ1) is 15.4. The highest BCUT2D eigenvalue weighted by molar-refractivity contribution is 6.25. The summed E-state index contributed by atoms with van der Waals surface area (Å²) in [5.41, 5.74) is 1.10. The van der Waals surface area contributed by atoms with Crippen LogP contribution in [0, 0.1) is 0 Å². The van der Waals surface area contributed by atoms with E-state index in [1.165, 1.54) is 51.4 Å². The van der Waals surface area contributed by atoms with Gasteiger partial charge in [-0.1, -0.05) is 70.1 Å². The topological polar surface area (TPSA) is 3.24 Å². The van der Waals surface area contributed by atoms with E-state index in [1.54, 1.807) is 0 Å². The number of benzene rings is 1. The monoisotopic (exact) mass is 267 g/mol. The lowest BCUT2D eigenvalue weighted by Crippen LogP contribution is -2.11. The Labute approximate surface area is 117 Å². The van der Waals surface area contributed by atoms with Gasteiger partial charge in [0.1, 0.15) is 0 Å². The molecule has 0 heterocycles. The van der Waals surface area contributed by atoms with Gasteiger partial charge in [-0.15, -0.1) is 0 Å². The van der Waals surface area contributed by atoms with E-state index in [0.717, 1.165) is 12.2 Å². The maximum Gasteiger partial charge on any atom is 0.0523 e. The molecule has 0 aromatic heterocycles. The molecule has 102 valence electrons. The van der Waals surface area contributed by atoms with Crippen molar-refractivity contribution in [3.05, 3.63) is 30.3 Å². The van der Waals surface area contributed by atoms with Crippen LogP contribution in [0.2, 0.25) is 0 Å². The summed E-state index contributed by atoms with van der Waals surface area (Å²) in [6.45, 7) is 3.21. The second-order valence-corrected chi connectivity index (χ2v) is 5.30. The van der Waals surface area contributed by atoms with E-state index in [4.69, 9.17) is 11.8 Å². The fraction of sp³-hybridized carbons (Fsp3) is 0.625. The number of nitrogens with zero attached hydrogens (tertiary/aromatic N) is 1. The molecule has 0 aliphatic carbocycles. The van der Waals surface area contributed by atoms with Gasteiger partial charge < -0.3 is 0 Å². The van der Waals surface area contributed by atoms with Crippen LogP contribution in [0.5, 0.6) is 0 Å². The summed E-state index contributed by atoms with van der Waals surface area (Å²) < 4.78 is 1.83. The summed E-state index contributed by atoms with van der Waals surface area (Å²) in [6.07, 6.45) is 10.7. The fourth-order valence-corrected chi connectivity index (χ4v) is 2.34. The Morgan fingerprint density at radius 3 is 2.00 bits per heavy atom. The molecule has 0 aliphatic heterocycles. The van der Waals surface area contributed by atoms with E-state index in [1.807, 2.05) is 22.6 Å². The standard InChI is InChI=1S/C16H26ClN/c1-2-3-4-5-6-7-8-12-15-18(17)16-13-10-9-11-14-16/h9-11,13-14H,2-8,12,15H2,1H3. The van der Waals surface area contributed by atoms with Crippen LogP contribution >= 0.6 is 11.8 Å². The van der Waals surface area contributed by atoms with Gasteiger partial charge in [0, 0.05) is 18.3 Å². The van der Waals surface area contributed by atoms with Crippen LogP contribution in [0.4, 0.5) is 5.69 Å². The molecule has 0 saturated heterocycles. The zero-order chi connectivity index (χ0) is 13.1. The second kappa shape index (κ2) is 10.3. The molecule has 1 rings (SSSR count). The molecule has 1 aromatic carbocycles. The minimum atomic E-state index is 0.945. The van der Waals surface area contributed by atoms with Gasteiger partial charge in [-0.2, -0.15) is 0 Å². The molecule has 0 saturated carbocycles. The van der Waals surface area contributed by atoms with Gasteiger partial charge in [0.2, 0.25) is 0 Å². The average molecular weight is 268 g/mol. The third-order valence-electron chi connectivity index (χ3n) is 3.24. The van der Waals surface area contributed by atoms with Crippen LogP contribution in [-0.4, -0.2) is 6.54 Å². The van der Waals surface area contributed by atoms with E-state index >= 15 is 0 Å². The molecule has 0 radical (unpaired) electrons. The van der Waals surface area contributed by atoms with Crippen molar-refractivity contribution in [3.8, 4) is 0 Å². The minimum Gasteiger partial charge on any atom is -0.285 e. The maximum absolute atomic E-state index is 6.22. The van der Waals surface area contributed by atoms with Crippen LogP contribution in [0.1, 0.15) is 58.3 Å². The molecule has 0 N–H and O–H groups in total. The number of halogens is 1. The van der Waals surface area contributed by atoms with Gasteiger partial charge in [0.05, 0.1) is 5.69 Å². The average Bonchev–Trinajstić information content (AvgIpc) is 2.42. The van der Waals surface area contributed by atoms with E-state index < -0.39 is 0 Å². The Kier molecular flexibility index (Phi) is 8.75. The van der Waals surface area contributed by atoms with Crippen molar-refractivity contribution in [3.63, 3.8) is 0 Å². The smallest absolute Gasteiger partial charge is 0.0523 e. The van der Waals surface area contributed by atoms with Gasteiger partial charge in [0.15, 0.2) is 0 Å². The maximum atomic E-state index is 6.22. The van der Waals surface area contributed by atoms with Crippen LogP contribution < -0.4 is 4.42 Å². The van der Waals surface area contributed by atoms with Gasteiger partial charge in [0.25, 0.3) is 0 Å². The van der Waals surface area contributed by atoms with Gasteiger partial charge in [-0.05, 0) is 18.6 Å². The Bertz CT molecular complexity index is 286. The lowest BCUT2D eigenvalue weighted by atomic mass is 10.1. The van der Waals surface area contributed by atoms with Gasteiger partial charge >= 0.3 is 0 Å². The molecular weight excluding hydrogens is 242 g/mol. The van der Waals surface area contributed by atoms with Gasteiger partial charge in [-0.25, -0.2) is 0 Å². The van der Waals surface area contributed by atoms with Crippen LogP contribution in [0.15, 0.2) is 30.3 Å². The Morgan fingerprint density at radius 2 is 1.39 bits per heavy atom. The Morgan fingerprint density at radius 1 is 0.833 bits per heavy atom. The predicted molar refractivity (Wildman–Crippen MR) is 82.3 cm³/mol. The third-order valence-corrected chi connectivity index (χ3v) is 3.61. The number of hydrogen-bond donors (Lipinski definition) is 0. The summed E-state index contributed by atoms with van der Waals surface area (Å²) in [4.78, 5) is 0. The molecule has 1 aromatic rings. The number of unbranched alkanes of at least 4 members (excludes halogenated alkanes) is 7. The quantitative estimate of drug-likeness (QED) is 0.383. The molecule has 2 heteroatoms. The molecule has 1 nitrogen and oxygen atoms in total. The van der Waals surface area contributed by atoms with Crippen molar-refractivity contribution in [2.45, 2.75) is 58.3 Å². The molecule has 0 atom stereocenters. The second-order valence-electron chi connectivity index (χ2n) is 4.90. The lowest BCUT2D eigenvalue weighted by Gasteiger charge is -2.15. The van der Waals surface area contributed by atoms with Crippen molar-refractivity contribution < 1.29 is 0 Å². The molecule has 0 amide bonds. The summed E-state index contributed by atoms with van der Waals surface area (Å²) in [6, 6.07) is 10.2. The first-order valence-corrected chi connectivity index (χ1v) is 7.66. The molecule has 0 bridgehead atoms. The number of anilines is 1. The Hall–Kier alpha value is -0.690. The lowest BCUT2D eigenvalue weighted by molar-refractivity contribution is 0.578. The van der Waals surface area contributed by atoms with Crippen molar-refractivity contribution in [1.29, 1.82) is 0 Å². The first-order valence-electron chi connectivity index (χ1n) is 7.33. The molecular formula is C16H26ClN. The van der Waals surface area contributed by atoms with Crippen molar-refractivity contribution >= 4 is 17.5 Å². The first-order chi connectivity index (χ1) is 8.84. The van der Waals surface area contributed by atoms with E-state index in [9.17, 15) is 0 Å². The van der Waals surface area contributed by atoms with E-state index in [-0.39, 0.29) is 0 Å². The fourth-order valence-electron chi connectivity index (χ4n) is 2.10. The summed E-state index contributed by atoms with van der Waals surface area (Å²) in [5, 5.41) is 0. The highest BCUT2D eigenvalue weighted by Gasteiger charge is 2.01. The molecule has 0 unspecified atom stereocenters. The number of rotatable bonds is 10. The van der Waals surface area contributed by atoms with Crippen LogP contribution in [-0.2, 0) is 0 Å². The zero-order valence-electron chi connectivity index (χ0n) is 11.6. The van der Waals surface area contributed by atoms with E-state index in [2.05, 4.69) is 19.1 Å². The van der Waals surface area contributed by atoms with Crippen LogP contribution in [0.3, 0.4) is 0 Å². The molecule has 18 heavy (non-hydrogen) atoms. The zero-order valence-corrected chi connectivity index (χ0v) is 12.3. The predicted octanol–water partition coefficient (Wildman–Crippen LogP) is 5.79. The highest BCUT2D eigenvalue weighted by atomic mass is 35.5. The molecule has 0 spiro atoms. The Balaban J connectivity index is 1.98. The normalized spacial score (nSPS) is 10.6. The van der Waals surface area contributed by atoms with Crippen LogP contribution in [0.25, 0.3) is 0 Å². The van der Waals surface area contributed by atoms with E-state index in [0.29, 0.717) is 0 Å². The summed E-state index contributed by atoms with van der Waals surface area (Å²) in [7, 11) is 0. The SMILES string of the molecule is CCCCCCCCCCN(Cl)c1ccccc1. The molecule has 0 aliphatic rings. The third kappa shape index (κ3) is 6.90. The van der Waals surface area contributed by atoms with Crippen molar-refractivity contribution in [2.24, 2.45) is 0 Å². The number of hydrogen-bond acceptors (Lipinski definition) is 1. The summed E-state index contributed by atoms with van der Waals surface area (Å²) >= 11 is 6.22. The van der Waals surface area contributed by atoms with Crippen molar-refractivity contribution in [1.82, 2.24) is 0 Å². The van der Waals surface area contributed by atoms with Crippen molar-refractivity contribution in [2.75, 3.05) is 11.0 Å². The number of para-hydroxylation sites is 1. The minimum absolute atomic E-state index is 0.945. The largest absolute Gasteiger partial charge is 0.285 e.